The number of rotatable bonds is 5. The average molecular weight is 339 g/mol. The van der Waals surface area contributed by atoms with Crippen molar-refractivity contribution in [1.29, 1.82) is 0 Å². The number of benzene rings is 1. The van der Waals surface area contributed by atoms with Gasteiger partial charge >= 0.3 is 0 Å². The predicted molar refractivity (Wildman–Crippen MR) is 86.2 cm³/mol. The molecule has 0 N–H and O–H groups in total. The molecule has 1 aromatic rings. The largest absolute Gasteiger partial charge is 0.301 e. The molecule has 0 spiro atoms. The molecule has 1 aliphatic rings. The zero-order valence-electron chi connectivity index (χ0n) is 12.3. The fourth-order valence-electron chi connectivity index (χ4n) is 2.72. The number of halogens is 1. The lowest BCUT2D eigenvalue weighted by Gasteiger charge is -2.39. The van der Waals surface area contributed by atoms with Crippen molar-refractivity contribution in [3.63, 3.8) is 0 Å². The minimum Gasteiger partial charge on any atom is -0.301 e. The predicted octanol–water partition coefficient (Wildman–Crippen LogP) is 3.05. The highest BCUT2D eigenvalue weighted by Crippen LogP contribution is 2.15. The summed E-state index contributed by atoms with van der Waals surface area (Å²) in [5.74, 6) is 0.235. The highest BCUT2D eigenvalue weighted by atomic mass is 79.9. The number of carbonyl (C=O) groups excluding carboxylic acids is 1. The van der Waals surface area contributed by atoms with Crippen molar-refractivity contribution in [3.8, 4) is 0 Å². The summed E-state index contributed by atoms with van der Waals surface area (Å²) < 4.78 is 0.967. The van der Waals surface area contributed by atoms with Crippen LogP contribution in [0.1, 0.15) is 30.1 Å². The third kappa shape index (κ3) is 4.14. The topological polar surface area (TPSA) is 23.6 Å². The molecular weight excluding hydrogens is 316 g/mol. The Labute approximate surface area is 130 Å². The fourth-order valence-corrected chi connectivity index (χ4v) is 3.12. The van der Waals surface area contributed by atoms with Crippen LogP contribution in [-0.2, 0) is 0 Å². The summed E-state index contributed by atoms with van der Waals surface area (Å²) >= 11 is 3.41. The Balaban J connectivity index is 1.84. The van der Waals surface area contributed by atoms with E-state index in [-0.39, 0.29) is 5.78 Å². The first-order valence-corrected chi connectivity index (χ1v) is 8.10. The van der Waals surface area contributed by atoms with Gasteiger partial charge in [-0.25, -0.2) is 0 Å². The highest BCUT2D eigenvalue weighted by Gasteiger charge is 2.22. The first-order valence-electron chi connectivity index (χ1n) is 7.31. The Hall–Kier alpha value is -0.710. The molecule has 1 unspecified atom stereocenters. The highest BCUT2D eigenvalue weighted by molar-refractivity contribution is 9.10. The second-order valence-corrected chi connectivity index (χ2v) is 6.44. The number of hydrogen-bond acceptors (Lipinski definition) is 3. The summed E-state index contributed by atoms with van der Waals surface area (Å²) in [5, 5.41) is 0. The fraction of sp³-hybridized carbons (Fsp3) is 0.562. The molecule has 0 saturated carbocycles. The van der Waals surface area contributed by atoms with E-state index < -0.39 is 0 Å². The third-order valence-electron chi connectivity index (χ3n) is 4.13. The Morgan fingerprint density at radius 1 is 1.40 bits per heavy atom. The van der Waals surface area contributed by atoms with E-state index in [1.54, 1.807) is 0 Å². The Morgan fingerprint density at radius 3 is 2.90 bits per heavy atom. The smallest absolute Gasteiger partial charge is 0.164 e. The van der Waals surface area contributed by atoms with E-state index in [2.05, 4.69) is 39.7 Å². The average Bonchev–Trinajstić information content (AvgIpc) is 2.46. The van der Waals surface area contributed by atoms with Crippen molar-refractivity contribution >= 4 is 21.7 Å². The van der Waals surface area contributed by atoms with Crippen molar-refractivity contribution < 1.29 is 4.79 Å². The van der Waals surface area contributed by atoms with Crippen LogP contribution >= 0.6 is 15.9 Å². The molecule has 0 bridgehead atoms. The van der Waals surface area contributed by atoms with E-state index in [0.29, 0.717) is 12.5 Å². The van der Waals surface area contributed by atoms with Crippen LogP contribution < -0.4 is 0 Å². The Bertz CT molecular complexity index is 464. The maximum atomic E-state index is 12.2. The first-order chi connectivity index (χ1) is 9.60. The van der Waals surface area contributed by atoms with Crippen LogP contribution in [0, 0.1) is 0 Å². The number of piperazine rings is 1. The first kappa shape index (κ1) is 15.7. The lowest BCUT2D eigenvalue weighted by molar-refractivity contribution is 0.0824. The van der Waals surface area contributed by atoms with Gasteiger partial charge in [0.15, 0.2) is 5.78 Å². The molecule has 0 radical (unpaired) electrons. The molecule has 1 atom stereocenters. The summed E-state index contributed by atoms with van der Waals surface area (Å²) in [6, 6.07) is 8.29. The molecule has 1 heterocycles. The second-order valence-electron chi connectivity index (χ2n) is 5.53. The van der Waals surface area contributed by atoms with E-state index in [0.717, 1.165) is 36.2 Å². The van der Waals surface area contributed by atoms with Crippen molar-refractivity contribution in [2.24, 2.45) is 0 Å². The molecule has 0 amide bonds. The number of likely N-dealkylation sites (N-methyl/N-ethyl adjacent to an activating group) is 1. The van der Waals surface area contributed by atoms with E-state index in [1.165, 1.54) is 6.42 Å². The van der Waals surface area contributed by atoms with Gasteiger partial charge in [-0.3, -0.25) is 4.79 Å². The lowest BCUT2D eigenvalue weighted by atomic mass is 10.1. The van der Waals surface area contributed by atoms with Gasteiger partial charge in [-0.15, -0.1) is 0 Å². The molecular formula is C16H23BrN2O. The van der Waals surface area contributed by atoms with E-state index >= 15 is 0 Å². The SMILES string of the molecule is CCC1CN(CCC(=O)c2cccc(Br)c2)CCN1C. The molecule has 4 heteroatoms. The minimum atomic E-state index is 0.235. The van der Waals surface area contributed by atoms with Gasteiger partial charge in [0.25, 0.3) is 0 Å². The van der Waals surface area contributed by atoms with E-state index in [1.807, 2.05) is 24.3 Å². The van der Waals surface area contributed by atoms with Gasteiger partial charge in [-0.2, -0.15) is 0 Å². The molecule has 0 aliphatic carbocycles. The van der Waals surface area contributed by atoms with Crippen LogP contribution in [-0.4, -0.2) is 54.9 Å². The zero-order valence-corrected chi connectivity index (χ0v) is 13.9. The van der Waals surface area contributed by atoms with Gasteiger partial charge in [0.2, 0.25) is 0 Å². The van der Waals surface area contributed by atoms with Crippen LogP contribution in [0.5, 0.6) is 0 Å². The van der Waals surface area contributed by atoms with Crippen LogP contribution in [0.25, 0.3) is 0 Å². The maximum Gasteiger partial charge on any atom is 0.164 e. The number of ketones is 1. The molecule has 2 rings (SSSR count). The zero-order chi connectivity index (χ0) is 14.5. The van der Waals surface area contributed by atoms with Crippen molar-refractivity contribution in [3.05, 3.63) is 34.3 Å². The van der Waals surface area contributed by atoms with Crippen LogP contribution in [0.15, 0.2) is 28.7 Å². The van der Waals surface area contributed by atoms with Gasteiger partial charge < -0.3 is 9.80 Å². The van der Waals surface area contributed by atoms with E-state index in [4.69, 9.17) is 0 Å². The Morgan fingerprint density at radius 2 is 2.20 bits per heavy atom. The Kier molecular flexibility index (Phi) is 5.75. The van der Waals surface area contributed by atoms with Crippen molar-refractivity contribution in [2.75, 3.05) is 33.2 Å². The van der Waals surface area contributed by atoms with Gasteiger partial charge in [0.1, 0.15) is 0 Å². The van der Waals surface area contributed by atoms with Crippen LogP contribution in [0.4, 0.5) is 0 Å². The second kappa shape index (κ2) is 7.34. The van der Waals surface area contributed by atoms with Gasteiger partial charge in [0, 0.05) is 48.7 Å². The van der Waals surface area contributed by atoms with Gasteiger partial charge in [-0.05, 0) is 25.6 Å². The van der Waals surface area contributed by atoms with Crippen molar-refractivity contribution in [1.82, 2.24) is 9.80 Å². The number of nitrogens with zero attached hydrogens (tertiary/aromatic N) is 2. The van der Waals surface area contributed by atoms with Gasteiger partial charge in [0.05, 0.1) is 0 Å². The molecule has 110 valence electrons. The summed E-state index contributed by atoms with van der Waals surface area (Å²) in [5.41, 5.74) is 0.806. The molecule has 1 fully saturated rings. The minimum absolute atomic E-state index is 0.235. The molecule has 0 aromatic heterocycles. The number of Topliss-reactive ketones (excluding diaryl/α,β-unsaturated/α-hetero) is 1. The molecule has 1 aliphatic heterocycles. The number of carbonyl (C=O) groups is 1. The summed E-state index contributed by atoms with van der Waals surface area (Å²) in [6.07, 6.45) is 1.78. The third-order valence-corrected chi connectivity index (χ3v) is 4.63. The number of hydrogen-bond donors (Lipinski definition) is 0. The molecule has 1 saturated heterocycles. The molecule has 3 nitrogen and oxygen atoms in total. The normalized spacial score (nSPS) is 21.1. The molecule has 1 aromatic carbocycles. The maximum absolute atomic E-state index is 12.2. The quantitative estimate of drug-likeness (QED) is 0.771. The van der Waals surface area contributed by atoms with Crippen LogP contribution in [0.3, 0.4) is 0 Å². The van der Waals surface area contributed by atoms with Gasteiger partial charge in [-0.1, -0.05) is 35.0 Å². The van der Waals surface area contributed by atoms with Crippen molar-refractivity contribution in [2.45, 2.75) is 25.8 Å². The summed E-state index contributed by atoms with van der Waals surface area (Å²) in [6.45, 7) is 6.36. The van der Waals surface area contributed by atoms with E-state index in [9.17, 15) is 4.79 Å². The van der Waals surface area contributed by atoms with Crippen LogP contribution in [0.2, 0.25) is 0 Å². The molecule has 20 heavy (non-hydrogen) atoms. The lowest BCUT2D eigenvalue weighted by Crippen LogP contribution is -2.51. The monoisotopic (exact) mass is 338 g/mol. The summed E-state index contributed by atoms with van der Waals surface area (Å²) in [7, 11) is 2.19. The summed E-state index contributed by atoms with van der Waals surface area (Å²) in [4.78, 5) is 17.0. The standard InChI is InChI=1S/C16H23BrN2O/c1-3-15-12-19(10-9-18(15)2)8-7-16(20)13-5-4-6-14(17)11-13/h4-6,11,15H,3,7-10,12H2,1-2H3.